The monoisotopic (exact) mass is 250 g/mol. The van der Waals surface area contributed by atoms with E-state index in [1.165, 1.54) is 4.80 Å². The molecule has 3 rings (SSSR count). The fourth-order valence-corrected chi connectivity index (χ4v) is 1.83. The van der Waals surface area contributed by atoms with Crippen LogP contribution in [0.4, 0.5) is 0 Å². The van der Waals surface area contributed by atoms with Crippen LogP contribution in [0, 0.1) is 17.2 Å². The molecule has 1 unspecified atom stereocenters. The van der Waals surface area contributed by atoms with E-state index in [1.807, 2.05) is 25.3 Å². The van der Waals surface area contributed by atoms with Crippen molar-refractivity contribution in [3.63, 3.8) is 0 Å². The van der Waals surface area contributed by atoms with E-state index in [-0.39, 0.29) is 5.92 Å². The van der Waals surface area contributed by atoms with Crippen LogP contribution in [0.3, 0.4) is 0 Å². The highest BCUT2D eigenvalue weighted by atomic mass is 15.6. The molecule has 1 aliphatic rings. The van der Waals surface area contributed by atoms with Gasteiger partial charge in [-0.3, -0.25) is 4.99 Å². The van der Waals surface area contributed by atoms with Gasteiger partial charge in [-0.1, -0.05) is 19.1 Å². The first-order chi connectivity index (χ1) is 9.28. The molecule has 1 aromatic carbocycles. The summed E-state index contributed by atoms with van der Waals surface area (Å²) in [6.45, 7) is 2.03. The zero-order valence-electron chi connectivity index (χ0n) is 10.2. The van der Waals surface area contributed by atoms with Crippen molar-refractivity contribution in [2.24, 2.45) is 10.9 Å². The molecule has 0 spiro atoms. The third-order valence-electron chi connectivity index (χ3n) is 2.75. The van der Waals surface area contributed by atoms with Gasteiger partial charge in [-0.2, -0.15) is 5.26 Å². The van der Waals surface area contributed by atoms with Crippen molar-refractivity contribution in [1.82, 2.24) is 20.2 Å². The van der Waals surface area contributed by atoms with Gasteiger partial charge in [-0.25, -0.2) is 0 Å². The largest absolute Gasteiger partial charge is 0.257 e. The minimum Gasteiger partial charge on any atom is -0.257 e. The third-order valence-corrected chi connectivity index (χ3v) is 2.75. The lowest BCUT2D eigenvalue weighted by atomic mass is 10.2. The van der Waals surface area contributed by atoms with Crippen LogP contribution in [0.2, 0.25) is 0 Å². The number of hydrogen-bond donors (Lipinski definition) is 0. The summed E-state index contributed by atoms with van der Waals surface area (Å²) in [7, 11) is 0. The summed E-state index contributed by atoms with van der Waals surface area (Å²) < 4.78 is 0. The first kappa shape index (κ1) is 11.3. The Morgan fingerprint density at radius 3 is 2.89 bits per heavy atom. The quantitative estimate of drug-likeness (QED) is 0.810. The molecule has 1 atom stereocenters. The fourth-order valence-electron chi connectivity index (χ4n) is 1.83. The SMILES string of the molecule is CC1C=NC(c2nnn(-c3ccccc3C#N)n2)=C1. The van der Waals surface area contributed by atoms with Gasteiger partial charge in [-0.05, 0) is 23.4 Å². The summed E-state index contributed by atoms with van der Waals surface area (Å²) in [6, 6.07) is 9.22. The number of para-hydroxylation sites is 1. The second kappa shape index (κ2) is 4.46. The van der Waals surface area contributed by atoms with Crippen molar-refractivity contribution in [3.05, 3.63) is 41.7 Å². The van der Waals surface area contributed by atoms with Gasteiger partial charge in [0.2, 0.25) is 5.82 Å². The maximum absolute atomic E-state index is 9.06. The van der Waals surface area contributed by atoms with Gasteiger partial charge >= 0.3 is 0 Å². The normalized spacial score (nSPS) is 17.3. The molecule has 0 aliphatic carbocycles. The lowest BCUT2D eigenvalue weighted by Gasteiger charge is -1.99. The molecule has 6 heteroatoms. The summed E-state index contributed by atoms with van der Waals surface area (Å²) in [6.07, 6.45) is 3.80. The molecule has 0 fully saturated rings. The molecule has 0 radical (unpaired) electrons. The van der Waals surface area contributed by atoms with Gasteiger partial charge < -0.3 is 0 Å². The van der Waals surface area contributed by atoms with Gasteiger partial charge in [0, 0.05) is 12.1 Å². The number of tetrazole rings is 1. The van der Waals surface area contributed by atoms with Crippen molar-refractivity contribution in [2.45, 2.75) is 6.92 Å². The Hall–Kier alpha value is -2.81. The number of aromatic nitrogens is 4. The Morgan fingerprint density at radius 1 is 1.32 bits per heavy atom. The minimum absolute atomic E-state index is 0.286. The van der Waals surface area contributed by atoms with Crippen molar-refractivity contribution < 1.29 is 0 Å². The summed E-state index contributed by atoms with van der Waals surface area (Å²) in [5.74, 6) is 0.752. The molecule has 0 amide bonds. The highest BCUT2D eigenvalue weighted by molar-refractivity contribution is 5.80. The van der Waals surface area contributed by atoms with Crippen LogP contribution in [0.15, 0.2) is 35.3 Å². The van der Waals surface area contributed by atoms with E-state index in [2.05, 4.69) is 26.5 Å². The van der Waals surface area contributed by atoms with Crippen molar-refractivity contribution in [2.75, 3.05) is 0 Å². The molecule has 0 N–H and O–H groups in total. The lowest BCUT2D eigenvalue weighted by molar-refractivity contribution is 0.718. The Bertz CT molecular complexity index is 719. The Morgan fingerprint density at radius 2 is 2.16 bits per heavy atom. The number of nitriles is 1. The lowest BCUT2D eigenvalue weighted by Crippen LogP contribution is -2.01. The van der Waals surface area contributed by atoms with Crippen LogP contribution in [-0.2, 0) is 0 Å². The smallest absolute Gasteiger partial charge is 0.223 e. The maximum Gasteiger partial charge on any atom is 0.223 e. The van der Waals surface area contributed by atoms with Gasteiger partial charge in [0.15, 0.2) is 0 Å². The third kappa shape index (κ3) is 2.02. The first-order valence-corrected chi connectivity index (χ1v) is 5.84. The van der Waals surface area contributed by atoms with Crippen LogP contribution >= 0.6 is 0 Å². The predicted molar refractivity (Wildman–Crippen MR) is 69.5 cm³/mol. The molecule has 1 aromatic heterocycles. The van der Waals surface area contributed by atoms with Gasteiger partial charge in [-0.15, -0.1) is 15.0 Å². The molecule has 2 heterocycles. The molecule has 1 aliphatic heterocycles. The molecule has 92 valence electrons. The number of allylic oxidation sites excluding steroid dienone is 1. The van der Waals surface area contributed by atoms with Crippen molar-refractivity contribution >= 4 is 11.9 Å². The van der Waals surface area contributed by atoms with E-state index in [9.17, 15) is 0 Å². The number of rotatable bonds is 2. The standard InChI is InChI=1S/C13H10N6/c1-9-6-11(15-8-9)13-16-18-19(17-13)12-5-3-2-4-10(12)7-14/h2-6,8-9H,1H3. The molecular formula is C13H10N6. The summed E-state index contributed by atoms with van der Waals surface area (Å²) in [5.41, 5.74) is 1.83. The van der Waals surface area contributed by atoms with E-state index in [0.29, 0.717) is 22.8 Å². The Labute approximate surface area is 109 Å². The van der Waals surface area contributed by atoms with Crippen molar-refractivity contribution in [3.8, 4) is 11.8 Å². The van der Waals surface area contributed by atoms with E-state index in [1.54, 1.807) is 18.2 Å². The first-order valence-electron chi connectivity index (χ1n) is 5.84. The molecular weight excluding hydrogens is 240 g/mol. The maximum atomic E-state index is 9.06. The van der Waals surface area contributed by atoms with E-state index in [4.69, 9.17) is 5.26 Å². The fraction of sp³-hybridized carbons (Fsp3) is 0.154. The Balaban J connectivity index is 2.01. The summed E-state index contributed by atoms with van der Waals surface area (Å²) >= 11 is 0. The average Bonchev–Trinajstić information content (AvgIpc) is 3.07. The number of nitrogens with zero attached hydrogens (tertiary/aromatic N) is 6. The summed E-state index contributed by atoms with van der Waals surface area (Å²) in [5, 5.41) is 21.3. The average molecular weight is 250 g/mol. The van der Waals surface area contributed by atoms with Crippen LogP contribution < -0.4 is 0 Å². The topological polar surface area (TPSA) is 79.8 Å². The molecule has 0 bridgehead atoms. The van der Waals surface area contributed by atoms with E-state index < -0.39 is 0 Å². The number of aliphatic imine (C=N–C) groups is 1. The highest BCUT2D eigenvalue weighted by Crippen LogP contribution is 2.19. The second-order valence-corrected chi connectivity index (χ2v) is 4.22. The molecule has 6 nitrogen and oxygen atoms in total. The molecule has 19 heavy (non-hydrogen) atoms. The van der Waals surface area contributed by atoms with Crippen LogP contribution in [-0.4, -0.2) is 26.4 Å². The molecule has 2 aromatic rings. The van der Waals surface area contributed by atoms with Gasteiger partial charge in [0.25, 0.3) is 0 Å². The van der Waals surface area contributed by atoms with Gasteiger partial charge in [0.05, 0.1) is 5.56 Å². The van der Waals surface area contributed by atoms with Gasteiger partial charge in [0.1, 0.15) is 17.5 Å². The second-order valence-electron chi connectivity index (χ2n) is 4.22. The van der Waals surface area contributed by atoms with Crippen LogP contribution in [0.25, 0.3) is 11.4 Å². The highest BCUT2D eigenvalue weighted by Gasteiger charge is 2.15. The Kier molecular flexibility index (Phi) is 2.65. The predicted octanol–water partition coefficient (Wildman–Crippen LogP) is 1.60. The van der Waals surface area contributed by atoms with Crippen molar-refractivity contribution in [1.29, 1.82) is 5.26 Å². The zero-order chi connectivity index (χ0) is 13.2. The number of benzene rings is 1. The van der Waals surface area contributed by atoms with Crippen LogP contribution in [0.5, 0.6) is 0 Å². The zero-order valence-corrected chi connectivity index (χ0v) is 10.2. The summed E-state index contributed by atoms with van der Waals surface area (Å²) in [4.78, 5) is 5.58. The van der Waals surface area contributed by atoms with Crippen LogP contribution in [0.1, 0.15) is 18.3 Å². The minimum atomic E-state index is 0.286. The molecule has 0 saturated heterocycles. The van der Waals surface area contributed by atoms with E-state index >= 15 is 0 Å². The molecule has 0 saturated carbocycles. The number of hydrogen-bond acceptors (Lipinski definition) is 5. The van der Waals surface area contributed by atoms with E-state index in [0.717, 1.165) is 0 Å².